The molecule has 1 atom stereocenters. The van der Waals surface area contributed by atoms with Crippen LogP contribution in [-0.4, -0.2) is 37.5 Å². The average molecular weight is 318 g/mol. The number of hydrogen-bond acceptors (Lipinski definition) is 5. The van der Waals surface area contributed by atoms with E-state index in [4.69, 9.17) is 18.8 Å². The molecule has 3 rings (SSSR count). The Morgan fingerprint density at radius 1 is 1.22 bits per heavy atom. The van der Waals surface area contributed by atoms with Gasteiger partial charge < -0.3 is 18.8 Å². The van der Waals surface area contributed by atoms with Gasteiger partial charge in [0.25, 0.3) is 0 Å². The lowest BCUT2D eigenvalue weighted by molar-refractivity contribution is -0.149. The second-order valence-electron chi connectivity index (χ2n) is 7.12. The molecule has 23 heavy (non-hydrogen) atoms. The van der Waals surface area contributed by atoms with E-state index >= 15 is 0 Å². The van der Waals surface area contributed by atoms with Crippen molar-refractivity contribution in [2.24, 2.45) is 0 Å². The Morgan fingerprint density at radius 2 is 1.87 bits per heavy atom. The van der Waals surface area contributed by atoms with Crippen LogP contribution in [0.1, 0.15) is 39.7 Å². The van der Waals surface area contributed by atoms with Crippen LogP contribution in [0, 0.1) is 0 Å². The van der Waals surface area contributed by atoms with Crippen LogP contribution in [-0.2, 0) is 25.3 Å². The average Bonchev–Trinajstić information content (AvgIpc) is 2.73. The number of methoxy groups -OCH3 is 1. The maximum absolute atomic E-state index is 11.6. The maximum atomic E-state index is 11.6. The number of ether oxygens (including phenoxy) is 2. The molecule has 2 aliphatic heterocycles. The van der Waals surface area contributed by atoms with Crippen LogP contribution < -0.4 is 10.2 Å². The first-order valence-corrected chi connectivity index (χ1v) is 7.96. The number of rotatable bonds is 2. The number of carbonyl (C=O) groups excluding carboxylic acids is 1. The largest absolute Gasteiger partial charge is 0.494 e. The number of aryl methyl sites for hydroxylation is 1. The highest BCUT2D eigenvalue weighted by Gasteiger charge is 2.51. The zero-order valence-corrected chi connectivity index (χ0v) is 14.3. The van der Waals surface area contributed by atoms with Crippen LogP contribution in [0.25, 0.3) is 0 Å². The first-order chi connectivity index (χ1) is 10.7. The van der Waals surface area contributed by atoms with Crippen molar-refractivity contribution in [2.75, 3.05) is 7.11 Å². The van der Waals surface area contributed by atoms with Gasteiger partial charge in [0, 0.05) is 0 Å². The minimum absolute atomic E-state index is 0.328. The third-order valence-corrected chi connectivity index (χ3v) is 5.02. The van der Waals surface area contributed by atoms with E-state index in [-0.39, 0.29) is 24.3 Å². The van der Waals surface area contributed by atoms with Gasteiger partial charge in [-0.3, -0.25) is 0 Å². The van der Waals surface area contributed by atoms with E-state index in [2.05, 4.69) is 0 Å². The molecule has 2 heterocycles. The summed E-state index contributed by atoms with van der Waals surface area (Å²) in [6, 6.07) is 5.86. The molecule has 0 amide bonds. The van der Waals surface area contributed by atoms with Crippen LogP contribution in [0.15, 0.2) is 18.2 Å². The van der Waals surface area contributed by atoms with Crippen molar-refractivity contribution in [3.8, 4) is 5.75 Å². The fraction of sp³-hybridized carbons (Fsp3) is 0.588. The molecule has 1 fully saturated rings. The van der Waals surface area contributed by atoms with E-state index in [0.29, 0.717) is 6.42 Å². The summed E-state index contributed by atoms with van der Waals surface area (Å²) in [5.41, 5.74) is 1.32. The zero-order chi connectivity index (χ0) is 16.8. The lowest BCUT2D eigenvalue weighted by atomic mass is 9.77. The highest BCUT2D eigenvalue weighted by molar-refractivity contribution is 6.62. The molecule has 1 aromatic carbocycles. The van der Waals surface area contributed by atoms with Crippen LogP contribution in [0.2, 0.25) is 0 Å². The molecular weight excluding hydrogens is 295 g/mol. The minimum atomic E-state index is -0.518. The van der Waals surface area contributed by atoms with Gasteiger partial charge >= 0.3 is 13.1 Å². The minimum Gasteiger partial charge on any atom is -0.478 e. The number of benzene rings is 1. The first kappa shape index (κ1) is 16.3. The van der Waals surface area contributed by atoms with E-state index < -0.39 is 6.10 Å². The molecule has 5 nitrogen and oxygen atoms in total. The van der Waals surface area contributed by atoms with Gasteiger partial charge in [-0.15, -0.1) is 0 Å². The second-order valence-corrected chi connectivity index (χ2v) is 7.12. The first-order valence-electron chi connectivity index (χ1n) is 7.96. The number of hydrogen-bond donors (Lipinski definition) is 0. The van der Waals surface area contributed by atoms with Gasteiger partial charge in [0.05, 0.1) is 18.3 Å². The molecule has 0 spiro atoms. The summed E-state index contributed by atoms with van der Waals surface area (Å²) in [4.78, 5) is 11.6. The fourth-order valence-electron chi connectivity index (χ4n) is 2.83. The number of fused-ring (bicyclic) bond motifs is 1. The molecule has 0 aromatic heterocycles. The third-order valence-electron chi connectivity index (χ3n) is 5.02. The number of esters is 1. The van der Waals surface area contributed by atoms with Crippen molar-refractivity contribution in [3.05, 3.63) is 23.8 Å². The quantitative estimate of drug-likeness (QED) is 0.615. The van der Waals surface area contributed by atoms with Crippen molar-refractivity contribution in [1.82, 2.24) is 0 Å². The predicted molar refractivity (Wildman–Crippen MR) is 86.9 cm³/mol. The molecule has 0 bridgehead atoms. The Morgan fingerprint density at radius 3 is 2.48 bits per heavy atom. The fourth-order valence-corrected chi connectivity index (χ4v) is 2.83. The molecular formula is C17H23BO5. The summed E-state index contributed by atoms with van der Waals surface area (Å²) in [5, 5.41) is 0. The van der Waals surface area contributed by atoms with Crippen LogP contribution in [0.4, 0.5) is 0 Å². The lowest BCUT2D eigenvalue weighted by Gasteiger charge is -2.32. The molecule has 0 saturated carbocycles. The molecule has 1 unspecified atom stereocenters. The van der Waals surface area contributed by atoms with Crippen molar-refractivity contribution in [2.45, 2.75) is 57.8 Å². The van der Waals surface area contributed by atoms with Crippen LogP contribution in [0.3, 0.4) is 0 Å². The van der Waals surface area contributed by atoms with Crippen molar-refractivity contribution >= 4 is 18.6 Å². The standard InChI is InChI=1S/C17H23BO5/c1-16(2)17(3,4)23-18(22-16)12-7-9-13-11(10-12)6-8-14(21-13)15(19)20-5/h7,9-10,14H,6,8H2,1-5H3. The smallest absolute Gasteiger partial charge is 0.478 e. The van der Waals surface area contributed by atoms with E-state index in [1.807, 2.05) is 45.9 Å². The van der Waals surface area contributed by atoms with Gasteiger partial charge in [0.2, 0.25) is 0 Å². The van der Waals surface area contributed by atoms with E-state index in [9.17, 15) is 4.79 Å². The van der Waals surface area contributed by atoms with E-state index in [0.717, 1.165) is 23.2 Å². The molecule has 124 valence electrons. The van der Waals surface area contributed by atoms with Gasteiger partial charge in [-0.1, -0.05) is 12.1 Å². The lowest BCUT2D eigenvalue weighted by Crippen LogP contribution is -2.41. The van der Waals surface area contributed by atoms with Gasteiger partial charge in [0.15, 0.2) is 6.10 Å². The summed E-state index contributed by atoms with van der Waals surface area (Å²) in [7, 11) is 0.992. The molecule has 1 saturated heterocycles. The van der Waals surface area contributed by atoms with E-state index in [1.54, 1.807) is 0 Å². The summed E-state index contributed by atoms with van der Waals surface area (Å²) in [6.07, 6.45) is 0.866. The Hall–Kier alpha value is -1.53. The monoisotopic (exact) mass is 318 g/mol. The van der Waals surface area contributed by atoms with Crippen molar-refractivity contribution in [3.63, 3.8) is 0 Å². The molecule has 6 heteroatoms. The van der Waals surface area contributed by atoms with Gasteiger partial charge in [-0.2, -0.15) is 0 Å². The Kier molecular flexibility index (Phi) is 3.93. The third kappa shape index (κ3) is 2.86. The normalized spacial score (nSPS) is 24.7. The predicted octanol–water partition coefficient (Wildman–Crippen LogP) is 1.85. The molecule has 0 aliphatic carbocycles. The topological polar surface area (TPSA) is 54.0 Å². The maximum Gasteiger partial charge on any atom is 0.494 e. The molecule has 2 aliphatic rings. The van der Waals surface area contributed by atoms with Gasteiger partial charge in [0.1, 0.15) is 5.75 Å². The summed E-state index contributed by atoms with van der Waals surface area (Å²) in [6.45, 7) is 8.15. The summed E-state index contributed by atoms with van der Waals surface area (Å²) >= 11 is 0. The van der Waals surface area contributed by atoms with Crippen LogP contribution in [0.5, 0.6) is 5.75 Å². The Bertz CT molecular complexity index is 609. The Labute approximate surface area is 137 Å². The highest BCUT2D eigenvalue weighted by atomic mass is 16.7. The van der Waals surface area contributed by atoms with Crippen molar-refractivity contribution in [1.29, 1.82) is 0 Å². The van der Waals surface area contributed by atoms with Gasteiger partial charge in [-0.25, -0.2) is 4.79 Å². The molecule has 0 N–H and O–H groups in total. The molecule has 1 aromatic rings. The summed E-state index contributed by atoms with van der Waals surface area (Å²) < 4.78 is 22.6. The second kappa shape index (κ2) is 5.53. The van der Waals surface area contributed by atoms with E-state index in [1.165, 1.54) is 7.11 Å². The molecule has 0 radical (unpaired) electrons. The zero-order valence-electron chi connectivity index (χ0n) is 14.3. The SMILES string of the molecule is COC(=O)C1CCc2cc(B3OC(C)(C)C(C)(C)O3)ccc2O1. The van der Waals surface area contributed by atoms with Crippen molar-refractivity contribution < 1.29 is 23.6 Å². The van der Waals surface area contributed by atoms with Gasteiger partial charge in [-0.05, 0) is 57.6 Å². The number of carbonyl (C=O) groups is 1. The highest BCUT2D eigenvalue weighted by Crippen LogP contribution is 2.37. The Balaban J connectivity index is 1.80. The summed E-state index contributed by atoms with van der Waals surface area (Å²) in [5.74, 6) is 0.401. The van der Waals surface area contributed by atoms with Crippen LogP contribution >= 0.6 is 0 Å².